The molecule has 0 aliphatic carbocycles. The minimum Gasteiger partial charge on any atom is -0.315 e. The Kier molecular flexibility index (Phi) is 3.71. The van der Waals surface area contributed by atoms with Crippen molar-refractivity contribution in [3.63, 3.8) is 0 Å². The van der Waals surface area contributed by atoms with Crippen LogP contribution in [0.25, 0.3) is 0 Å². The molecule has 0 radical (unpaired) electrons. The Morgan fingerprint density at radius 2 is 2.14 bits per heavy atom. The Bertz CT molecular complexity index is 689. The van der Waals surface area contributed by atoms with Gasteiger partial charge in [0.05, 0.1) is 11.3 Å². The Morgan fingerprint density at radius 3 is 2.86 bits per heavy atom. The lowest BCUT2D eigenvalue weighted by atomic mass is 10.2. The van der Waals surface area contributed by atoms with Crippen LogP contribution in [0, 0.1) is 0 Å². The van der Waals surface area contributed by atoms with Crippen molar-refractivity contribution < 1.29 is 13.2 Å². The lowest BCUT2D eigenvalue weighted by Crippen LogP contribution is -2.36. The quantitative estimate of drug-likeness (QED) is 0.792. The Hall–Kier alpha value is -1.11. The van der Waals surface area contributed by atoms with E-state index in [1.165, 1.54) is 4.31 Å². The van der Waals surface area contributed by atoms with E-state index in [4.69, 9.17) is 11.6 Å². The SMILES string of the molecule is CN1C(=O)Cc2cc(S(=O)(=O)N3CCC[C@H]3CCl)ccc21. The average Bonchev–Trinajstić information content (AvgIpc) is 3.04. The monoisotopic (exact) mass is 328 g/mol. The van der Waals surface area contributed by atoms with E-state index in [9.17, 15) is 13.2 Å². The molecule has 2 aliphatic rings. The summed E-state index contributed by atoms with van der Waals surface area (Å²) in [7, 11) is -1.84. The van der Waals surface area contributed by atoms with Crippen molar-refractivity contribution in [2.45, 2.75) is 30.2 Å². The molecule has 0 N–H and O–H groups in total. The van der Waals surface area contributed by atoms with Crippen molar-refractivity contribution in [3.05, 3.63) is 23.8 Å². The first kappa shape index (κ1) is 14.8. The van der Waals surface area contributed by atoms with Gasteiger partial charge in [-0.2, -0.15) is 4.31 Å². The summed E-state index contributed by atoms with van der Waals surface area (Å²) in [6.07, 6.45) is 1.89. The van der Waals surface area contributed by atoms with Crippen molar-refractivity contribution in [1.82, 2.24) is 4.31 Å². The molecule has 21 heavy (non-hydrogen) atoms. The molecule has 5 nitrogen and oxygen atoms in total. The van der Waals surface area contributed by atoms with Crippen LogP contribution in [0.5, 0.6) is 0 Å². The molecule has 0 spiro atoms. The molecule has 7 heteroatoms. The summed E-state index contributed by atoms with van der Waals surface area (Å²) >= 11 is 5.87. The maximum Gasteiger partial charge on any atom is 0.243 e. The minimum absolute atomic E-state index is 0.0145. The topological polar surface area (TPSA) is 57.7 Å². The highest BCUT2D eigenvalue weighted by Crippen LogP contribution is 2.32. The van der Waals surface area contributed by atoms with Gasteiger partial charge in [0.1, 0.15) is 0 Å². The second kappa shape index (κ2) is 5.26. The zero-order valence-electron chi connectivity index (χ0n) is 11.8. The summed E-state index contributed by atoms with van der Waals surface area (Å²) in [5.41, 5.74) is 1.56. The first-order valence-electron chi connectivity index (χ1n) is 6.92. The number of fused-ring (bicyclic) bond motifs is 1. The van der Waals surface area contributed by atoms with Gasteiger partial charge in [0.15, 0.2) is 0 Å². The molecular formula is C14H17ClN2O3S. The third-order valence-corrected chi connectivity index (χ3v) is 6.54. The number of sulfonamides is 1. The Morgan fingerprint density at radius 1 is 1.38 bits per heavy atom. The van der Waals surface area contributed by atoms with Crippen LogP contribution in [0.15, 0.2) is 23.1 Å². The first-order chi connectivity index (χ1) is 9.95. The van der Waals surface area contributed by atoms with Gasteiger partial charge in [-0.1, -0.05) is 0 Å². The molecule has 0 bridgehead atoms. The fraction of sp³-hybridized carbons (Fsp3) is 0.500. The maximum absolute atomic E-state index is 12.7. The number of rotatable bonds is 3. The van der Waals surface area contributed by atoms with E-state index in [-0.39, 0.29) is 23.3 Å². The largest absolute Gasteiger partial charge is 0.315 e. The normalized spacial score (nSPS) is 22.9. The van der Waals surface area contributed by atoms with E-state index in [1.54, 1.807) is 30.1 Å². The van der Waals surface area contributed by atoms with Crippen LogP contribution in [0.2, 0.25) is 0 Å². The third kappa shape index (κ3) is 2.35. The molecule has 1 aromatic rings. The summed E-state index contributed by atoms with van der Waals surface area (Å²) in [5, 5.41) is 0. The number of halogens is 1. The van der Waals surface area contributed by atoms with Crippen molar-refractivity contribution in [3.8, 4) is 0 Å². The minimum atomic E-state index is -3.54. The number of carbonyl (C=O) groups excluding carboxylic acids is 1. The van der Waals surface area contributed by atoms with Crippen molar-refractivity contribution in [2.75, 3.05) is 24.4 Å². The molecular weight excluding hydrogens is 312 g/mol. The highest BCUT2D eigenvalue weighted by molar-refractivity contribution is 7.89. The maximum atomic E-state index is 12.7. The van der Waals surface area contributed by atoms with Crippen molar-refractivity contribution >= 4 is 33.2 Å². The third-order valence-electron chi connectivity index (χ3n) is 4.24. The molecule has 0 unspecified atom stereocenters. The van der Waals surface area contributed by atoms with Gasteiger partial charge in [0.2, 0.25) is 15.9 Å². The zero-order valence-corrected chi connectivity index (χ0v) is 13.3. The lowest BCUT2D eigenvalue weighted by Gasteiger charge is -2.22. The van der Waals surface area contributed by atoms with E-state index in [2.05, 4.69) is 0 Å². The van der Waals surface area contributed by atoms with Crippen LogP contribution < -0.4 is 4.90 Å². The summed E-state index contributed by atoms with van der Waals surface area (Å²) in [4.78, 5) is 13.5. The molecule has 0 aromatic heterocycles. The molecule has 1 atom stereocenters. The van der Waals surface area contributed by atoms with Crippen molar-refractivity contribution in [1.29, 1.82) is 0 Å². The lowest BCUT2D eigenvalue weighted by molar-refractivity contribution is -0.117. The van der Waals surface area contributed by atoms with Gasteiger partial charge in [0.25, 0.3) is 0 Å². The number of likely N-dealkylation sites (N-methyl/N-ethyl adjacent to an activating group) is 1. The van der Waals surface area contributed by atoms with E-state index in [0.29, 0.717) is 12.4 Å². The van der Waals surface area contributed by atoms with Crippen LogP contribution in [0.4, 0.5) is 5.69 Å². The molecule has 1 saturated heterocycles. The molecule has 3 rings (SSSR count). The number of nitrogens with zero attached hydrogens (tertiary/aromatic N) is 2. The second-order valence-corrected chi connectivity index (χ2v) is 7.69. The standard InChI is InChI=1S/C14H17ClN2O3S/c1-16-13-5-4-12(7-10(13)8-14(16)18)21(19,20)17-6-2-3-11(17)9-15/h4-5,7,11H,2-3,6,8-9H2,1H3/t11-/m0/s1. The number of hydrogen-bond acceptors (Lipinski definition) is 3. The van der Waals surface area contributed by atoms with Gasteiger partial charge in [-0.3, -0.25) is 4.79 Å². The summed E-state index contributed by atoms with van der Waals surface area (Å²) < 4.78 is 27.0. The number of amides is 1. The number of carbonyl (C=O) groups is 1. The van der Waals surface area contributed by atoms with Crippen LogP contribution in [-0.4, -0.2) is 44.1 Å². The number of benzene rings is 1. The smallest absolute Gasteiger partial charge is 0.243 e. The molecule has 2 heterocycles. The highest BCUT2D eigenvalue weighted by Gasteiger charge is 2.35. The molecule has 1 fully saturated rings. The first-order valence-corrected chi connectivity index (χ1v) is 8.90. The molecule has 1 aromatic carbocycles. The average molecular weight is 329 g/mol. The van der Waals surface area contributed by atoms with Gasteiger partial charge < -0.3 is 4.90 Å². The second-order valence-electron chi connectivity index (χ2n) is 5.49. The van der Waals surface area contributed by atoms with E-state index in [0.717, 1.165) is 24.1 Å². The zero-order chi connectivity index (χ0) is 15.2. The fourth-order valence-corrected chi connectivity index (χ4v) is 5.17. The van der Waals surface area contributed by atoms with Crippen LogP contribution in [0.1, 0.15) is 18.4 Å². The number of anilines is 1. The van der Waals surface area contributed by atoms with Crippen LogP contribution >= 0.6 is 11.6 Å². The van der Waals surface area contributed by atoms with Crippen LogP contribution in [-0.2, 0) is 21.2 Å². The number of alkyl halides is 1. The van der Waals surface area contributed by atoms with Crippen LogP contribution in [0.3, 0.4) is 0 Å². The Balaban J connectivity index is 1.98. The predicted octanol–water partition coefficient (Wildman–Crippen LogP) is 1.60. The fourth-order valence-electron chi connectivity index (χ4n) is 3.02. The van der Waals surface area contributed by atoms with Crippen molar-refractivity contribution in [2.24, 2.45) is 0 Å². The predicted molar refractivity (Wildman–Crippen MR) is 81.2 cm³/mol. The van der Waals surface area contributed by atoms with E-state index < -0.39 is 10.0 Å². The molecule has 2 aliphatic heterocycles. The van der Waals surface area contributed by atoms with Gasteiger partial charge in [-0.25, -0.2) is 8.42 Å². The molecule has 114 valence electrons. The van der Waals surface area contributed by atoms with E-state index in [1.807, 2.05) is 0 Å². The summed E-state index contributed by atoms with van der Waals surface area (Å²) in [6.45, 7) is 0.510. The highest BCUT2D eigenvalue weighted by atomic mass is 35.5. The summed E-state index contributed by atoms with van der Waals surface area (Å²) in [6, 6.07) is 4.77. The molecule has 1 amide bonds. The van der Waals surface area contributed by atoms with Gasteiger partial charge in [0, 0.05) is 31.2 Å². The van der Waals surface area contributed by atoms with Gasteiger partial charge in [-0.15, -0.1) is 11.6 Å². The molecule has 0 saturated carbocycles. The summed E-state index contributed by atoms with van der Waals surface area (Å²) in [5.74, 6) is 0.296. The van der Waals surface area contributed by atoms with Gasteiger partial charge >= 0.3 is 0 Å². The Labute approximate surface area is 129 Å². The van der Waals surface area contributed by atoms with Gasteiger partial charge in [-0.05, 0) is 36.6 Å². The van der Waals surface area contributed by atoms with E-state index >= 15 is 0 Å². The number of hydrogen-bond donors (Lipinski definition) is 0.